The molecule has 17 heavy (non-hydrogen) atoms. The molecule has 0 aromatic carbocycles. The summed E-state index contributed by atoms with van der Waals surface area (Å²) in [6.45, 7) is 6.96. The molecule has 4 heteroatoms. The number of nitrogens with zero attached hydrogens (tertiary/aromatic N) is 2. The molecule has 0 radical (unpaired) electrons. The molecular formula is C13H23N3O. The van der Waals surface area contributed by atoms with Crippen LogP contribution in [0.2, 0.25) is 0 Å². The van der Waals surface area contributed by atoms with Crippen LogP contribution in [0.1, 0.15) is 36.2 Å². The van der Waals surface area contributed by atoms with Crippen LogP contribution in [0.15, 0.2) is 0 Å². The monoisotopic (exact) mass is 237 g/mol. The van der Waals surface area contributed by atoms with E-state index in [4.69, 9.17) is 4.74 Å². The summed E-state index contributed by atoms with van der Waals surface area (Å²) in [6, 6.07) is 0. The van der Waals surface area contributed by atoms with E-state index in [1.165, 1.54) is 30.5 Å². The van der Waals surface area contributed by atoms with Crippen LogP contribution < -0.4 is 5.32 Å². The number of ether oxygens (including phenoxy) is 1. The molecular weight excluding hydrogens is 214 g/mol. The number of hydrogen-bond donors (Lipinski definition) is 1. The van der Waals surface area contributed by atoms with Crippen molar-refractivity contribution in [2.24, 2.45) is 7.05 Å². The van der Waals surface area contributed by atoms with Crippen molar-refractivity contribution in [1.29, 1.82) is 0 Å². The van der Waals surface area contributed by atoms with E-state index >= 15 is 0 Å². The maximum absolute atomic E-state index is 5.70. The Labute approximate surface area is 103 Å². The Morgan fingerprint density at radius 3 is 2.82 bits per heavy atom. The van der Waals surface area contributed by atoms with E-state index in [-0.39, 0.29) is 0 Å². The van der Waals surface area contributed by atoms with Gasteiger partial charge in [-0.25, -0.2) is 0 Å². The SMILES string of the molecule is Cc1nn(C)c(C)c1CNCC1CCCCO1. The highest BCUT2D eigenvalue weighted by Crippen LogP contribution is 2.13. The van der Waals surface area contributed by atoms with Crippen molar-refractivity contribution in [1.82, 2.24) is 15.1 Å². The number of hydrogen-bond acceptors (Lipinski definition) is 3. The molecule has 0 bridgehead atoms. The largest absolute Gasteiger partial charge is 0.377 e. The van der Waals surface area contributed by atoms with Crippen LogP contribution in [0.25, 0.3) is 0 Å². The highest BCUT2D eigenvalue weighted by atomic mass is 16.5. The third kappa shape index (κ3) is 3.07. The Morgan fingerprint density at radius 2 is 2.24 bits per heavy atom. The zero-order valence-electron chi connectivity index (χ0n) is 11.1. The molecule has 96 valence electrons. The lowest BCUT2D eigenvalue weighted by Crippen LogP contribution is -2.31. The average molecular weight is 237 g/mol. The van der Waals surface area contributed by atoms with Gasteiger partial charge in [0.2, 0.25) is 0 Å². The Morgan fingerprint density at radius 1 is 1.41 bits per heavy atom. The fraction of sp³-hybridized carbons (Fsp3) is 0.769. The number of rotatable bonds is 4. The summed E-state index contributed by atoms with van der Waals surface area (Å²) in [6.07, 6.45) is 4.12. The maximum atomic E-state index is 5.70. The van der Waals surface area contributed by atoms with E-state index in [9.17, 15) is 0 Å². The third-order valence-corrected chi connectivity index (χ3v) is 3.61. The molecule has 2 heterocycles. The summed E-state index contributed by atoms with van der Waals surface area (Å²) < 4.78 is 7.65. The molecule has 1 saturated heterocycles. The molecule has 1 atom stereocenters. The van der Waals surface area contributed by atoms with E-state index in [1.807, 2.05) is 11.7 Å². The lowest BCUT2D eigenvalue weighted by atomic mass is 10.1. The van der Waals surface area contributed by atoms with Crippen molar-refractivity contribution in [2.45, 2.75) is 45.8 Å². The Kier molecular flexibility index (Phi) is 4.18. The summed E-state index contributed by atoms with van der Waals surface area (Å²) >= 11 is 0. The molecule has 2 rings (SSSR count). The van der Waals surface area contributed by atoms with Gasteiger partial charge in [0.05, 0.1) is 11.8 Å². The molecule has 1 aromatic heterocycles. The van der Waals surface area contributed by atoms with E-state index in [1.54, 1.807) is 0 Å². The van der Waals surface area contributed by atoms with Gasteiger partial charge in [0.15, 0.2) is 0 Å². The molecule has 1 aliphatic heterocycles. The predicted octanol–water partition coefficient (Wildman–Crippen LogP) is 1.70. The fourth-order valence-corrected chi connectivity index (χ4v) is 2.40. The van der Waals surface area contributed by atoms with Crippen molar-refractivity contribution in [3.8, 4) is 0 Å². The van der Waals surface area contributed by atoms with E-state index in [0.29, 0.717) is 6.10 Å². The molecule has 1 fully saturated rings. The number of aromatic nitrogens is 2. The van der Waals surface area contributed by atoms with Gasteiger partial charge in [0.25, 0.3) is 0 Å². The highest BCUT2D eigenvalue weighted by Gasteiger charge is 2.14. The normalized spacial score (nSPS) is 20.8. The van der Waals surface area contributed by atoms with Gasteiger partial charge in [-0.1, -0.05) is 0 Å². The highest BCUT2D eigenvalue weighted by molar-refractivity contribution is 5.23. The molecule has 1 N–H and O–H groups in total. The minimum Gasteiger partial charge on any atom is -0.377 e. The van der Waals surface area contributed by atoms with Gasteiger partial charge in [-0.2, -0.15) is 5.10 Å². The van der Waals surface area contributed by atoms with Gasteiger partial charge in [-0.15, -0.1) is 0 Å². The van der Waals surface area contributed by atoms with E-state index in [2.05, 4.69) is 24.3 Å². The van der Waals surface area contributed by atoms with Gasteiger partial charge in [0.1, 0.15) is 0 Å². The zero-order valence-corrected chi connectivity index (χ0v) is 11.1. The minimum atomic E-state index is 0.404. The number of aryl methyl sites for hydroxylation is 2. The summed E-state index contributed by atoms with van der Waals surface area (Å²) in [5, 5.41) is 7.91. The van der Waals surface area contributed by atoms with Crippen LogP contribution in [0.5, 0.6) is 0 Å². The topological polar surface area (TPSA) is 39.1 Å². The van der Waals surface area contributed by atoms with Crippen LogP contribution in [0.3, 0.4) is 0 Å². The molecule has 4 nitrogen and oxygen atoms in total. The van der Waals surface area contributed by atoms with Crippen molar-refractivity contribution >= 4 is 0 Å². The molecule has 1 aromatic rings. The summed E-state index contributed by atoms with van der Waals surface area (Å²) in [7, 11) is 2.00. The number of nitrogens with one attached hydrogen (secondary N) is 1. The molecule has 1 aliphatic rings. The van der Waals surface area contributed by atoms with Crippen molar-refractivity contribution < 1.29 is 4.74 Å². The molecule has 0 amide bonds. The van der Waals surface area contributed by atoms with Gasteiger partial charge in [-0.05, 0) is 33.1 Å². The first-order chi connectivity index (χ1) is 8.18. The molecule has 0 spiro atoms. The van der Waals surface area contributed by atoms with Crippen LogP contribution in [0.4, 0.5) is 0 Å². The van der Waals surface area contributed by atoms with Crippen LogP contribution in [-0.4, -0.2) is 29.0 Å². The molecule has 0 saturated carbocycles. The standard InChI is InChI=1S/C13H23N3O/c1-10-13(11(2)16(3)15-10)9-14-8-12-6-4-5-7-17-12/h12,14H,4-9H2,1-3H3. The van der Waals surface area contributed by atoms with Gasteiger partial charge >= 0.3 is 0 Å². The molecule has 0 aliphatic carbocycles. The maximum Gasteiger partial charge on any atom is 0.0699 e. The first-order valence-corrected chi connectivity index (χ1v) is 6.50. The predicted molar refractivity (Wildman–Crippen MR) is 68.0 cm³/mol. The Hall–Kier alpha value is -0.870. The Balaban J connectivity index is 1.81. The quantitative estimate of drug-likeness (QED) is 0.866. The second-order valence-corrected chi connectivity index (χ2v) is 4.89. The summed E-state index contributed by atoms with van der Waals surface area (Å²) in [5.74, 6) is 0. The second-order valence-electron chi connectivity index (χ2n) is 4.89. The Bertz CT molecular complexity index is 367. The molecule has 1 unspecified atom stereocenters. The van der Waals surface area contributed by atoms with Crippen molar-refractivity contribution in [3.63, 3.8) is 0 Å². The minimum absolute atomic E-state index is 0.404. The smallest absolute Gasteiger partial charge is 0.0699 e. The van der Waals surface area contributed by atoms with Gasteiger partial charge < -0.3 is 10.1 Å². The third-order valence-electron chi connectivity index (χ3n) is 3.61. The summed E-state index contributed by atoms with van der Waals surface area (Å²) in [5.41, 5.74) is 3.70. The fourth-order valence-electron chi connectivity index (χ4n) is 2.40. The second kappa shape index (κ2) is 5.65. The van der Waals surface area contributed by atoms with E-state index in [0.717, 1.165) is 25.4 Å². The summed E-state index contributed by atoms with van der Waals surface area (Å²) in [4.78, 5) is 0. The zero-order chi connectivity index (χ0) is 12.3. The van der Waals surface area contributed by atoms with Crippen LogP contribution in [0, 0.1) is 13.8 Å². The first kappa shape index (κ1) is 12.6. The van der Waals surface area contributed by atoms with E-state index < -0.39 is 0 Å². The van der Waals surface area contributed by atoms with Gasteiger partial charge in [-0.3, -0.25) is 4.68 Å². The van der Waals surface area contributed by atoms with Crippen LogP contribution >= 0.6 is 0 Å². The average Bonchev–Trinajstić information content (AvgIpc) is 2.57. The lowest BCUT2D eigenvalue weighted by Gasteiger charge is -2.22. The lowest BCUT2D eigenvalue weighted by molar-refractivity contribution is 0.0167. The first-order valence-electron chi connectivity index (χ1n) is 6.50. The van der Waals surface area contributed by atoms with Crippen molar-refractivity contribution in [3.05, 3.63) is 17.0 Å². The van der Waals surface area contributed by atoms with Crippen molar-refractivity contribution in [2.75, 3.05) is 13.2 Å². The van der Waals surface area contributed by atoms with Crippen LogP contribution in [-0.2, 0) is 18.3 Å². The van der Waals surface area contributed by atoms with Gasteiger partial charge in [0, 0.05) is 38.0 Å².